The Balaban J connectivity index is 2.57. The summed E-state index contributed by atoms with van der Waals surface area (Å²) in [6.45, 7) is 2.42. The summed E-state index contributed by atoms with van der Waals surface area (Å²) in [6, 6.07) is 3.37. The van der Waals surface area contributed by atoms with Gasteiger partial charge in [-0.25, -0.2) is 4.98 Å². The third kappa shape index (κ3) is 4.10. The van der Waals surface area contributed by atoms with Gasteiger partial charge in [0.15, 0.2) is 0 Å². The van der Waals surface area contributed by atoms with Crippen LogP contribution < -0.4 is 0 Å². The van der Waals surface area contributed by atoms with Crippen molar-refractivity contribution in [3.05, 3.63) is 28.5 Å². The van der Waals surface area contributed by atoms with Crippen LogP contribution in [0.1, 0.15) is 23.7 Å². The van der Waals surface area contributed by atoms with Crippen LogP contribution in [0.15, 0.2) is 22.9 Å². The highest BCUT2D eigenvalue weighted by molar-refractivity contribution is 9.10. The highest BCUT2D eigenvalue weighted by atomic mass is 79.9. The van der Waals surface area contributed by atoms with Crippen LogP contribution in [0.5, 0.6) is 0 Å². The minimum absolute atomic E-state index is 0.181. The van der Waals surface area contributed by atoms with Gasteiger partial charge in [-0.05, 0) is 35.0 Å². The Labute approximate surface area is 114 Å². The summed E-state index contributed by atoms with van der Waals surface area (Å²) in [6.07, 6.45) is 1.79. The van der Waals surface area contributed by atoms with Gasteiger partial charge in [0.1, 0.15) is 4.60 Å². The third-order valence-corrected chi connectivity index (χ3v) is 2.92. The molecule has 0 spiro atoms. The van der Waals surface area contributed by atoms with E-state index < -0.39 is 0 Å². The highest BCUT2D eigenvalue weighted by Gasteiger charge is 2.16. The summed E-state index contributed by atoms with van der Waals surface area (Å²) < 4.78 is 5.30. The van der Waals surface area contributed by atoms with Crippen molar-refractivity contribution in [2.45, 2.75) is 13.3 Å². The quantitative estimate of drug-likeness (QED) is 0.615. The molecule has 0 aliphatic rings. The number of hydrogen-bond acceptors (Lipinski definition) is 4. The second-order valence-corrected chi connectivity index (χ2v) is 4.37. The molecule has 0 radical (unpaired) electrons. The van der Waals surface area contributed by atoms with E-state index in [0.29, 0.717) is 23.3 Å². The molecule has 0 bridgehead atoms. The van der Waals surface area contributed by atoms with Crippen molar-refractivity contribution in [1.82, 2.24) is 9.88 Å². The zero-order valence-electron chi connectivity index (χ0n) is 10.4. The second-order valence-electron chi connectivity index (χ2n) is 3.62. The fraction of sp³-hybridized carbons (Fsp3) is 0.417. The fourth-order valence-corrected chi connectivity index (χ4v) is 1.76. The van der Waals surface area contributed by atoms with Crippen molar-refractivity contribution in [2.75, 3.05) is 20.2 Å². The second kappa shape index (κ2) is 7.10. The Morgan fingerprint density at radius 2 is 2.22 bits per heavy atom. The number of pyridine rings is 1. The summed E-state index contributed by atoms with van der Waals surface area (Å²) in [5, 5.41) is 0. The van der Waals surface area contributed by atoms with Gasteiger partial charge in [-0.3, -0.25) is 9.59 Å². The van der Waals surface area contributed by atoms with Crippen LogP contribution in [-0.4, -0.2) is 42.0 Å². The molecule has 1 aromatic heterocycles. The zero-order chi connectivity index (χ0) is 13.5. The Bertz CT molecular complexity index is 437. The van der Waals surface area contributed by atoms with E-state index >= 15 is 0 Å². The van der Waals surface area contributed by atoms with Crippen molar-refractivity contribution in [1.29, 1.82) is 0 Å². The maximum Gasteiger partial charge on any atom is 0.307 e. The lowest BCUT2D eigenvalue weighted by Gasteiger charge is -2.17. The van der Waals surface area contributed by atoms with Gasteiger partial charge in [-0.2, -0.15) is 0 Å². The van der Waals surface area contributed by atoms with Crippen molar-refractivity contribution in [2.24, 2.45) is 0 Å². The SMILES string of the molecule is CCOC(=O)CCN(C)C(=O)c1cccnc1Br. The summed E-state index contributed by atoms with van der Waals surface area (Å²) in [5.74, 6) is -0.485. The molecule has 98 valence electrons. The van der Waals surface area contributed by atoms with Gasteiger partial charge in [0.25, 0.3) is 5.91 Å². The maximum atomic E-state index is 12.0. The van der Waals surface area contributed by atoms with Crippen LogP contribution in [-0.2, 0) is 9.53 Å². The predicted octanol–water partition coefficient (Wildman–Crippen LogP) is 1.87. The number of halogens is 1. The number of carbonyl (C=O) groups excluding carboxylic acids is 2. The molecule has 0 aliphatic carbocycles. The van der Waals surface area contributed by atoms with Crippen LogP contribution in [0.4, 0.5) is 0 Å². The average Bonchev–Trinajstić information content (AvgIpc) is 2.36. The van der Waals surface area contributed by atoms with Gasteiger partial charge in [0, 0.05) is 19.8 Å². The summed E-state index contributed by atoms with van der Waals surface area (Å²) in [5.41, 5.74) is 0.476. The van der Waals surface area contributed by atoms with E-state index in [1.165, 1.54) is 4.90 Å². The summed E-state index contributed by atoms with van der Waals surface area (Å²) in [7, 11) is 1.64. The lowest BCUT2D eigenvalue weighted by Crippen LogP contribution is -2.29. The number of amides is 1. The normalized spacial score (nSPS) is 9.94. The molecule has 0 fully saturated rings. The molecule has 18 heavy (non-hydrogen) atoms. The molecule has 0 saturated heterocycles. The van der Waals surface area contributed by atoms with Crippen LogP contribution in [0.25, 0.3) is 0 Å². The molecule has 0 N–H and O–H groups in total. The molecule has 1 heterocycles. The topological polar surface area (TPSA) is 59.5 Å². The third-order valence-electron chi connectivity index (χ3n) is 2.29. The lowest BCUT2D eigenvalue weighted by atomic mass is 10.2. The Hall–Kier alpha value is -1.43. The van der Waals surface area contributed by atoms with Crippen LogP contribution >= 0.6 is 15.9 Å². The first-order valence-corrected chi connectivity index (χ1v) is 6.37. The Kier molecular flexibility index (Phi) is 5.77. The average molecular weight is 315 g/mol. The monoisotopic (exact) mass is 314 g/mol. The molecule has 0 saturated carbocycles. The number of carbonyl (C=O) groups is 2. The van der Waals surface area contributed by atoms with Gasteiger partial charge in [0.2, 0.25) is 0 Å². The molecule has 0 aromatic carbocycles. The van der Waals surface area contributed by atoms with Crippen LogP contribution in [0.2, 0.25) is 0 Å². The van der Waals surface area contributed by atoms with Gasteiger partial charge in [-0.15, -0.1) is 0 Å². The molecule has 1 aromatic rings. The standard InChI is InChI=1S/C12H15BrN2O3/c1-3-18-10(16)6-8-15(2)12(17)9-5-4-7-14-11(9)13/h4-5,7H,3,6,8H2,1-2H3. The molecule has 0 atom stereocenters. The van der Waals surface area contributed by atoms with Gasteiger partial charge in [-0.1, -0.05) is 0 Å². The largest absolute Gasteiger partial charge is 0.466 e. The van der Waals surface area contributed by atoms with Crippen molar-refractivity contribution >= 4 is 27.8 Å². The van der Waals surface area contributed by atoms with Gasteiger partial charge in [0.05, 0.1) is 18.6 Å². The zero-order valence-corrected chi connectivity index (χ0v) is 11.9. The van der Waals surface area contributed by atoms with Crippen molar-refractivity contribution in [3.63, 3.8) is 0 Å². The van der Waals surface area contributed by atoms with E-state index in [0.717, 1.165) is 0 Å². The predicted molar refractivity (Wildman–Crippen MR) is 70.1 cm³/mol. The van der Waals surface area contributed by atoms with Gasteiger partial charge >= 0.3 is 5.97 Å². The lowest BCUT2D eigenvalue weighted by molar-refractivity contribution is -0.143. The molecule has 0 unspecified atom stereocenters. The molecule has 1 amide bonds. The van der Waals surface area contributed by atoms with E-state index in [1.807, 2.05) is 0 Å². The highest BCUT2D eigenvalue weighted by Crippen LogP contribution is 2.14. The van der Waals surface area contributed by atoms with E-state index in [2.05, 4.69) is 20.9 Å². The molecule has 0 aliphatic heterocycles. The summed E-state index contributed by atoms with van der Waals surface area (Å²) >= 11 is 3.22. The molecule has 1 rings (SSSR count). The van der Waals surface area contributed by atoms with E-state index in [1.54, 1.807) is 32.3 Å². The first kappa shape index (κ1) is 14.6. The number of ether oxygens (including phenoxy) is 1. The van der Waals surface area contributed by atoms with E-state index in [4.69, 9.17) is 4.74 Å². The first-order chi connectivity index (χ1) is 8.56. The van der Waals surface area contributed by atoms with Crippen molar-refractivity contribution in [3.8, 4) is 0 Å². The molecular weight excluding hydrogens is 300 g/mol. The fourth-order valence-electron chi connectivity index (χ4n) is 1.34. The smallest absolute Gasteiger partial charge is 0.307 e. The van der Waals surface area contributed by atoms with Gasteiger partial charge < -0.3 is 9.64 Å². The first-order valence-electron chi connectivity index (χ1n) is 5.57. The van der Waals surface area contributed by atoms with Crippen molar-refractivity contribution < 1.29 is 14.3 Å². The molecule has 5 nitrogen and oxygen atoms in total. The number of hydrogen-bond donors (Lipinski definition) is 0. The maximum absolute atomic E-state index is 12.0. The number of aromatic nitrogens is 1. The molecular formula is C12H15BrN2O3. The van der Waals surface area contributed by atoms with Crippen LogP contribution in [0.3, 0.4) is 0 Å². The molecule has 6 heteroatoms. The van der Waals surface area contributed by atoms with E-state index in [9.17, 15) is 9.59 Å². The minimum Gasteiger partial charge on any atom is -0.466 e. The summed E-state index contributed by atoms with van der Waals surface area (Å²) in [4.78, 5) is 28.7. The Morgan fingerprint density at radius 1 is 1.50 bits per heavy atom. The van der Waals surface area contributed by atoms with Crippen LogP contribution in [0, 0.1) is 0 Å². The minimum atomic E-state index is -0.303. The Morgan fingerprint density at radius 3 is 2.83 bits per heavy atom. The van der Waals surface area contributed by atoms with E-state index in [-0.39, 0.29) is 18.3 Å². The number of esters is 1. The number of nitrogens with zero attached hydrogens (tertiary/aromatic N) is 2. The number of rotatable bonds is 5.